The molecule has 1 aromatic heterocycles. The molecule has 2 N–H and O–H groups in total. The van der Waals surface area contributed by atoms with Crippen LogP contribution in [0.2, 0.25) is 4.47 Å². The molecule has 1 atom stereocenters. The Labute approximate surface area is 174 Å². The number of nitrogens with one attached hydrogen (secondary N) is 2. The molecule has 0 amide bonds. The number of hydrogen-bond donors (Lipinski definition) is 2. The molecule has 0 radical (unpaired) electrons. The minimum absolute atomic E-state index is 0.472. The van der Waals surface area contributed by atoms with Crippen LogP contribution in [0.25, 0.3) is 0 Å². The molecule has 3 aromatic rings. The first-order chi connectivity index (χ1) is 13.7. The molecule has 1 aliphatic heterocycles. The second-order valence-corrected chi connectivity index (χ2v) is 8.74. The lowest BCUT2D eigenvalue weighted by atomic mass is 9.93. The first-order valence-electron chi connectivity index (χ1n) is 9.56. The van der Waals surface area contributed by atoms with E-state index in [2.05, 4.69) is 52.0 Å². The van der Waals surface area contributed by atoms with E-state index in [1.165, 1.54) is 28.2 Å². The zero-order chi connectivity index (χ0) is 19.3. The zero-order valence-electron chi connectivity index (χ0n) is 15.9. The maximum absolute atomic E-state index is 5.90. The zero-order valence-corrected chi connectivity index (χ0v) is 17.4. The molecule has 2 heterocycles. The molecule has 146 valence electrons. The van der Waals surface area contributed by atoms with E-state index in [4.69, 9.17) is 16.3 Å². The van der Waals surface area contributed by atoms with E-state index in [9.17, 15) is 0 Å². The highest BCUT2D eigenvalue weighted by molar-refractivity contribution is 7.15. The number of fused-ring (bicyclic) bond motifs is 1. The first-order valence-corrected chi connectivity index (χ1v) is 10.8. The van der Waals surface area contributed by atoms with Gasteiger partial charge in [0.15, 0.2) is 4.47 Å². The van der Waals surface area contributed by atoms with E-state index in [-0.39, 0.29) is 0 Å². The number of methoxy groups -OCH3 is 1. The Kier molecular flexibility index (Phi) is 6.03. The van der Waals surface area contributed by atoms with E-state index in [0.717, 1.165) is 48.5 Å². The molecule has 6 heteroatoms. The van der Waals surface area contributed by atoms with Gasteiger partial charge in [-0.05, 0) is 55.0 Å². The molecular formula is C22H24ClN3OS. The highest BCUT2D eigenvalue weighted by Gasteiger charge is 2.20. The van der Waals surface area contributed by atoms with Crippen molar-refractivity contribution in [1.82, 2.24) is 4.98 Å². The van der Waals surface area contributed by atoms with Crippen molar-refractivity contribution >= 4 is 34.3 Å². The third kappa shape index (κ3) is 4.59. The van der Waals surface area contributed by atoms with E-state index in [0.29, 0.717) is 10.5 Å². The van der Waals surface area contributed by atoms with Crippen LogP contribution in [0.15, 0.2) is 48.7 Å². The average molecular weight is 414 g/mol. The third-order valence-corrected chi connectivity index (χ3v) is 6.26. The largest absolute Gasteiger partial charge is 0.495 e. The molecule has 28 heavy (non-hydrogen) atoms. The van der Waals surface area contributed by atoms with E-state index in [1.54, 1.807) is 7.11 Å². The van der Waals surface area contributed by atoms with Gasteiger partial charge in [0.05, 0.1) is 19.3 Å². The van der Waals surface area contributed by atoms with Crippen molar-refractivity contribution in [2.75, 3.05) is 17.7 Å². The summed E-state index contributed by atoms with van der Waals surface area (Å²) in [6.45, 7) is 0.745. The van der Waals surface area contributed by atoms with Crippen LogP contribution in [-0.4, -0.2) is 18.1 Å². The van der Waals surface area contributed by atoms with Gasteiger partial charge in [-0.2, -0.15) is 0 Å². The number of thiazole rings is 1. The van der Waals surface area contributed by atoms with Gasteiger partial charge in [-0.1, -0.05) is 35.9 Å². The number of rotatable bonds is 7. The number of benzene rings is 2. The molecule has 0 saturated heterocycles. The summed E-state index contributed by atoms with van der Waals surface area (Å²) in [5.74, 6) is 0.941. The highest BCUT2D eigenvalue weighted by Crippen LogP contribution is 2.34. The van der Waals surface area contributed by atoms with Crippen molar-refractivity contribution in [2.45, 2.75) is 38.3 Å². The van der Waals surface area contributed by atoms with Crippen LogP contribution in [0.3, 0.4) is 0 Å². The van der Waals surface area contributed by atoms with Crippen LogP contribution in [0, 0.1) is 0 Å². The summed E-state index contributed by atoms with van der Waals surface area (Å²) in [6.07, 6.45) is 6.23. The van der Waals surface area contributed by atoms with Crippen molar-refractivity contribution in [2.24, 2.45) is 0 Å². The van der Waals surface area contributed by atoms with Crippen LogP contribution < -0.4 is 15.4 Å². The van der Waals surface area contributed by atoms with Gasteiger partial charge in [0.1, 0.15) is 5.75 Å². The number of aromatic nitrogens is 1. The van der Waals surface area contributed by atoms with Gasteiger partial charge in [-0.3, -0.25) is 0 Å². The number of para-hydroxylation sites is 1. The van der Waals surface area contributed by atoms with Gasteiger partial charge < -0.3 is 15.4 Å². The molecule has 2 aromatic carbocycles. The van der Waals surface area contributed by atoms with E-state index < -0.39 is 0 Å². The summed E-state index contributed by atoms with van der Waals surface area (Å²) in [6, 6.07) is 15.4. The molecule has 1 unspecified atom stereocenters. The van der Waals surface area contributed by atoms with Crippen LogP contribution in [0.4, 0.5) is 11.4 Å². The summed E-state index contributed by atoms with van der Waals surface area (Å²) in [4.78, 5) is 5.22. The quantitative estimate of drug-likeness (QED) is 0.515. The fourth-order valence-corrected chi connectivity index (χ4v) is 4.59. The Balaban J connectivity index is 1.34. The number of halogens is 1. The maximum atomic E-state index is 5.90. The van der Waals surface area contributed by atoms with Crippen molar-refractivity contribution in [3.63, 3.8) is 0 Å². The summed E-state index contributed by atoms with van der Waals surface area (Å²) in [7, 11) is 1.74. The highest BCUT2D eigenvalue weighted by atomic mass is 35.5. The third-order valence-electron chi connectivity index (χ3n) is 5.14. The number of anilines is 2. The predicted molar refractivity (Wildman–Crippen MR) is 118 cm³/mol. The van der Waals surface area contributed by atoms with Crippen LogP contribution in [0.5, 0.6) is 5.75 Å². The van der Waals surface area contributed by atoms with Crippen molar-refractivity contribution in [3.05, 3.63) is 69.1 Å². The lowest BCUT2D eigenvalue weighted by molar-refractivity contribution is 0.413. The van der Waals surface area contributed by atoms with Crippen molar-refractivity contribution in [1.29, 1.82) is 0 Å². The molecule has 0 bridgehead atoms. The average Bonchev–Trinajstić information content (AvgIpc) is 3.15. The van der Waals surface area contributed by atoms with Gasteiger partial charge >= 0.3 is 0 Å². The van der Waals surface area contributed by atoms with Gasteiger partial charge in [-0.25, -0.2) is 4.98 Å². The maximum Gasteiger partial charge on any atom is 0.183 e. The van der Waals surface area contributed by atoms with E-state index >= 15 is 0 Å². The molecule has 4 nitrogen and oxygen atoms in total. The van der Waals surface area contributed by atoms with Crippen LogP contribution >= 0.6 is 22.9 Å². The number of aryl methyl sites for hydroxylation is 2. The normalized spacial score (nSPS) is 15.6. The number of nitrogens with zero attached hydrogens (tertiary/aromatic N) is 1. The van der Waals surface area contributed by atoms with Gasteiger partial charge in [0.2, 0.25) is 0 Å². The topological polar surface area (TPSA) is 46.2 Å². The smallest absolute Gasteiger partial charge is 0.183 e. The monoisotopic (exact) mass is 413 g/mol. The first kappa shape index (κ1) is 19.1. The standard InChI is InChI=1S/C22H24ClN3OS/c1-27-20-7-3-5-16-9-11-17(26-21(16)20)10-8-15-4-2-6-18(12-15)24-13-19-14-25-22(23)28-19/h2-7,12,14,17,24,26H,8-11,13H2,1H3. The summed E-state index contributed by atoms with van der Waals surface area (Å²) >= 11 is 7.41. The molecule has 0 aliphatic carbocycles. The van der Waals surface area contributed by atoms with Crippen LogP contribution in [-0.2, 0) is 19.4 Å². The molecule has 1 aliphatic rings. The lowest BCUT2D eigenvalue weighted by Crippen LogP contribution is -2.26. The molecule has 4 rings (SSSR count). The molecule has 0 saturated carbocycles. The molecule has 0 fully saturated rings. The SMILES string of the molecule is COc1cccc2c1NC(CCc1cccc(NCc3cnc(Cl)s3)c1)CC2. The Hall–Kier alpha value is -2.24. The fourth-order valence-electron chi connectivity index (χ4n) is 3.67. The summed E-state index contributed by atoms with van der Waals surface area (Å²) < 4.78 is 6.11. The second-order valence-electron chi connectivity index (χ2n) is 7.05. The Morgan fingerprint density at radius 1 is 1.29 bits per heavy atom. The minimum atomic E-state index is 0.472. The Bertz CT molecular complexity index is 929. The van der Waals surface area contributed by atoms with Gasteiger partial charge in [0.25, 0.3) is 0 Å². The Morgan fingerprint density at radius 2 is 2.18 bits per heavy atom. The molecular weight excluding hydrogens is 390 g/mol. The van der Waals surface area contributed by atoms with Crippen LogP contribution in [0.1, 0.15) is 28.8 Å². The Morgan fingerprint density at radius 3 is 3.00 bits per heavy atom. The summed E-state index contributed by atoms with van der Waals surface area (Å²) in [5, 5.41) is 7.15. The summed E-state index contributed by atoms with van der Waals surface area (Å²) in [5.41, 5.74) is 5.00. The van der Waals surface area contributed by atoms with Crippen molar-refractivity contribution < 1.29 is 4.74 Å². The minimum Gasteiger partial charge on any atom is -0.495 e. The number of ether oxygens (including phenoxy) is 1. The lowest BCUT2D eigenvalue weighted by Gasteiger charge is -2.28. The fraction of sp³-hybridized carbons (Fsp3) is 0.318. The van der Waals surface area contributed by atoms with Gasteiger partial charge in [0, 0.05) is 22.8 Å². The van der Waals surface area contributed by atoms with E-state index in [1.807, 2.05) is 12.3 Å². The number of hydrogen-bond acceptors (Lipinski definition) is 5. The predicted octanol–water partition coefficient (Wildman–Crippen LogP) is 5.78. The molecule has 0 spiro atoms. The second kappa shape index (κ2) is 8.84. The van der Waals surface area contributed by atoms with Crippen molar-refractivity contribution in [3.8, 4) is 5.75 Å². The van der Waals surface area contributed by atoms with Gasteiger partial charge in [-0.15, -0.1) is 11.3 Å².